The summed E-state index contributed by atoms with van der Waals surface area (Å²) in [5.41, 5.74) is -0.842. The van der Waals surface area contributed by atoms with E-state index in [0.29, 0.717) is 13.1 Å². The fourth-order valence-electron chi connectivity index (χ4n) is 2.99. The Kier molecular flexibility index (Phi) is 3.71. The lowest BCUT2D eigenvalue weighted by atomic mass is 9.99. The van der Waals surface area contributed by atoms with Gasteiger partial charge in [0.15, 0.2) is 0 Å². The number of carbonyl (C=O) groups is 2. The summed E-state index contributed by atoms with van der Waals surface area (Å²) in [6, 6.07) is -0.0907. The van der Waals surface area contributed by atoms with Gasteiger partial charge in [0.1, 0.15) is 6.54 Å². The Morgan fingerprint density at radius 2 is 1.70 bits per heavy atom. The van der Waals surface area contributed by atoms with E-state index in [0.717, 1.165) is 12.8 Å². The second-order valence-corrected chi connectivity index (χ2v) is 7.01. The number of morpholine rings is 1. The van der Waals surface area contributed by atoms with E-state index < -0.39 is 17.2 Å². The Labute approximate surface area is 119 Å². The van der Waals surface area contributed by atoms with Crippen molar-refractivity contribution < 1.29 is 19.4 Å². The van der Waals surface area contributed by atoms with Crippen molar-refractivity contribution in [1.82, 2.24) is 9.80 Å². The second kappa shape index (κ2) is 4.91. The number of hydrogen-bond acceptors (Lipinski definition) is 3. The van der Waals surface area contributed by atoms with Gasteiger partial charge in [-0.05, 0) is 40.5 Å². The molecule has 0 aromatic heterocycles. The molecular weight excluding hydrogens is 260 g/mol. The van der Waals surface area contributed by atoms with Crippen molar-refractivity contribution in [3.8, 4) is 0 Å². The monoisotopic (exact) mass is 284 g/mol. The topological polar surface area (TPSA) is 70.1 Å². The van der Waals surface area contributed by atoms with Gasteiger partial charge in [-0.1, -0.05) is 0 Å². The molecule has 0 aromatic carbocycles. The van der Waals surface area contributed by atoms with E-state index in [4.69, 9.17) is 9.84 Å². The highest BCUT2D eigenvalue weighted by molar-refractivity contribution is 5.81. The van der Waals surface area contributed by atoms with E-state index in [1.165, 1.54) is 4.90 Å². The number of aliphatic carboxylic acids is 1. The molecule has 2 fully saturated rings. The van der Waals surface area contributed by atoms with Crippen LogP contribution in [0.1, 0.15) is 40.5 Å². The minimum Gasteiger partial charge on any atom is -0.480 e. The van der Waals surface area contributed by atoms with Gasteiger partial charge in [-0.2, -0.15) is 0 Å². The predicted octanol–water partition coefficient (Wildman–Crippen LogP) is 1.54. The molecule has 1 heterocycles. The number of rotatable bonds is 3. The van der Waals surface area contributed by atoms with E-state index in [1.54, 1.807) is 4.90 Å². The zero-order valence-electron chi connectivity index (χ0n) is 12.7. The summed E-state index contributed by atoms with van der Waals surface area (Å²) < 4.78 is 5.95. The fourth-order valence-corrected chi connectivity index (χ4v) is 2.99. The van der Waals surface area contributed by atoms with Crippen LogP contribution in [0.5, 0.6) is 0 Å². The van der Waals surface area contributed by atoms with Crippen LogP contribution < -0.4 is 0 Å². The minimum absolute atomic E-state index is 0.0904. The van der Waals surface area contributed by atoms with Crippen LogP contribution in [0.4, 0.5) is 4.79 Å². The van der Waals surface area contributed by atoms with Crippen LogP contribution in [0.25, 0.3) is 0 Å². The summed E-state index contributed by atoms with van der Waals surface area (Å²) in [4.78, 5) is 26.8. The molecule has 1 aliphatic carbocycles. The Morgan fingerprint density at radius 1 is 1.20 bits per heavy atom. The lowest BCUT2D eigenvalue weighted by Gasteiger charge is -2.48. The molecule has 6 heteroatoms. The van der Waals surface area contributed by atoms with Crippen LogP contribution in [0.2, 0.25) is 0 Å². The molecule has 6 nitrogen and oxygen atoms in total. The second-order valence-electron chi connectivity index (χ2n) is 7.01. The highest BCUT2D eigenvalue weighted by Crippen LogP contribution is 2.32. The summed E-state index contributed by atoms with van der Waals surface area (Å²) in [6.45, 7) is 8.55. The number of carboxylic acids is 1. The van der Waals surface area contributed by atoms with Gasteiger partial charge < -0.3 is 19.6 Å². The van der Waals surface area contributed by atoms with Gasteiger partial charge in [-0.3, -0.25) is 4.79 Å². The molecule has 2 amide bonds. The van der Waals surface area contributed by atoms with Crippen molar-refractivity contribution in [2.24, 2.45) is 0 Å². The molecule has 20 heavy (non-hydrogen) atoms. The fraction of sp³-hybridized carbons (Fsp3) is 0.857. The van der Waals surface area contributed by atoms with Gasteiger partial charge in [0.05, 0.1) is 24.3 Å². The van der Waals surface area contributed by atoms with Gasteiger partial charge in [-0.25, -0.2) is 4.79 Å². The molecular formula is C14H24N2O4. The van der Waals surface area contributed by atoms with Gasteiger partial charge in [0.25, 0.3) is 0 Å². The van der Waals surface area contributed by atoms with Gasteiger partial charge in [0.2, 0.25) is 0 Å². The lowest BCUT2D eigenvalue weighted by Crippen LogP contribution is -2.61. The maximum atomic E-state index is 12.6. The Bertz CT molecular complexity index is 399. The number of ether oxygens (including phenoxy) is 1. The van der Waals surface area contributed by atoms with Crippen LogP contribution in [0.15, 0.2) is 0 Å². The number of amides is 2. The molecule has 2 rings (SSSR count). The smallest absolute Gasteiger partial charge is 0.323 e. The average Bonchev–Trinajstić information content (AvgIpc) is 3.03. The average molecular weight is 284 g/mol. The lowest BCUT2D eigenvalue weighted by molar-refractivity contribution is -0.172. The minimum atomic E-state index is -0.961. The van der Waals surface area contributed by atoms with Gasteiger partial charge >= 0.3 is 12.0 Å². The first kappa shape index (κ1) is 15.1. The first-order valence-corrected chi connectivity index (χ1v) is 7.07. The maximum Gasteiger partial charge on any atom is 0.323 e. The molecule has 0 radical (unpaired) electrons. The molecule has 1 N–H and O–H groups in total. The third-order valence-electron chi connectivity index (χ3n) is 3.51. The number of carboxylic acid groups (broad SMARTS) is 1. The third kappa shape index (κ3) is 3.62. The first-order chi connectivity index (χ1) is 9.10. The van der Waals surface area contributed by atoms with E-state index >= 15 is 0 Å². The quantitative estimate of drug-likeness (QED) is 0.853. The molecule has 0 atom stereocenters. The highest BCUT2D eigenvalue weighted by Gasteiger charge is 2.43. The summed E-state index contributed by atoms with van der Waals surface area (Å²) >= 11 is 0. The summed E-state index contributed by atoms with van der Waals surface area (Å²) in [5.74, 6) is -0.961. The summed E-state index contributed by atoms with van der Waals surface area (Å²) in [5, 5.41) is 8.98. The van der Waals surface area contributed by atoms with Crippen LogP contribution in [-0.4, -0.2) is 63.8 Å². The van der Waals surface area contributed by atoms with E-state index in [9.17, 15) is 9.59 Å². The maximum absolute atomic E-state index is 12.6. The molecule has 1 saturated carbocycles. The molecule has 0 unspecified atom stereocenters. The van der Waals surface area contributed by atoms with Crippen molar-refractivity contribution in [2.45, 2.75) is 57.8 Å². The molecule has 114 valence electrons. The SMILES string of the molecule is CC1(C)CN(C(=O)N(CC(=O)O)C2CC2)CC(C)(C)O1. The Hall–Kier alpha value is -1.30. The molecule has 0 spiro atoms. The summed E-state index contributed by atoms with van der Waals surface area (Å²) in [6.07, 6.45) is 1.80. The zero-order valence-corrected chi connectivity index (χ0v) is 12.7. The number of hydrogen-bond donors (Lipinski definition) is 1. The van der Waals surface area contributed by atoms with Crippen molar-refractivity contribution in [3.63, 3.8) is 0 Å². The third-order valence-corrected chi connectivity index (χ3v) is 3.51. The molecule has 1 saturated heterocycles. The normalized spacial score (nSPS) is 24.3. The van der Waals surface area contributed by atoms with Gasteiger partial charge in [-0.15, -0.1) is 0 Å². The zero-order chi connectivity index (χ0) is 15.1. The standard InChI is InChI=1S/C14H24N2O4/c1-13(2)8-15(9-14(3,4)20-13)12(19)16(7-11(17)18)10-5-6-10/h10H,5-9H2,1-4H3,(H,17,18). The van der Waals surface area contributed by atoms with E-state index in [-0.39, 0.29) is 18.6 Å². The molecule has 0 bridgehead atoms. The van der Waals surface area contributed by atoms with Crippen LogP contribution in [0, 0.1) is 0 Å². The van der Waals surface area contributed by atoms with Crippen molar-refractivity contribution in [3.05, 3.63) is 0 Å². The molecule has 2 aliphatic rings. The van der Waals surface area contributed by atoms with Crippen LogP contribution in [-0.2, 0) is 9.53 Å². The Balaban J connectivity index is 2.11. The van der Waals surface area contributed by atoms with Gasteiger partial charge in [0, 0.05) is 6.04 Å². The number of urea groups is 1. The highest BCUT2D eigenvalue weighted by atomic mass is 16.5. The van der Waals surface area contributed by atoms with Crippen molar-refractivity contribution in [1.29, 1.82) is 0 Å². The van der Waals surface area contributed by atoms with E-state index in [1.807, 2.05) is 27.7 Å². The van der Waals surface area contributed by atoms with Crippen LogP contribution in [0.3, 0.4) is 0 Å². The van der Waals surface area contributed by atoms with Crippen molar-refractivity contribution >= 4 is 12.0 Å². The van der Waals surface area contributed by atoms with Crippen molar-refractivity contribution in [2.75, 3.05) is 19.6 Å². The molecule has 0 aromatic rings. The number of nitrogens with zero attached hydrogens (tertiary/aromatic N) is 2. The molecule has 1 aliphatic heterocycles. The first-order valence-electron chi connectivity index (χ1n) is 7.07. The summed E-state index contributed by atoms with van der Waals surface area (Å²) in [7, 11) is 0. The van der Waals surface area contributed by atoms with E-state index in [2.05, 4.69) is 0 Å². The number of carbonyl (C=O) groups excluding carboxylic acids is 1. The predicted molar refractivity (Wildman–Crippen MR) is 73.6 cm³/mol. The largest absolute Gasteiger partial charge is 0.480 e. The van der Waals surface area contributed by atoms with Crippen LogP contribution >= 0.6 is 0 Å². The Morgan fingerprint density at radius 3 is 2.10 bits per heavy atom.